The van der Waals surface area contributed by atoms with Crippen LogP contribution in [0.25, 0.3) is 11.0 Å². The number of carbonyl (C=O) groups excluding carboxylic acids is 2. The number of piperazine rings is 1. The minimum Gasteiger partial charge on any atom is -0.369 e. The number of likely N-dealkylation sites (N-methyl/N-ethyl adjacent to an activating group) is 1. The van der Waals surface area contributed by atoms with Crippen LogP contribution >= 0.6 is 0 Å². The van der Waals surface area contributed by atoms with Gasteiger partial charge in [-0.1, -0.05) is 12.1 Å². The highest BCUT2D eigenvalue weighted by Crippen LogP contribution is 2.39. The minimum absolute atomic E-state index is 0.0309. The highest BCUT2D eigenvalue weighted by atomic mass is 16.2. The van der Waals surface area contributed by atoms with E-state index in [0.717, 1.165) is 79.8 Å². The highest BCUT2D eigenvalue weighted by molar-refractivity contribution is 6.00. The molecule has 46 heavy (non-hydrogen) atoms. The zero-order chi connectivity index (χ0) is 31.9. The second-order valence-corrected chi connectivity index (χ2v) is 13.4. The van der Waals surface area contributed by atoms with Crippen molar-refractivity contribution in [3.63, 3.8) is 0 Å². The summed E-state index contributed by atoms with van der Waals surface area (Å²) in [4.78, 5) is 42.9. The summed E-state index contributed by atoms with van der Waals surface area (Å²) in [5.41, 5.74) is 6.36. The van der Waals surface area contributed by atoms with Crippen molar-refractivity contribution >= 4 is 34.4 Å². The normalized spacial score (nSPS) is 22.2. The molecule has 4 atom stereocenters. The Hall–Kier alpha value is -4.44. The molecule has 10 nitrogen and oxygen atoms in total. The van der Waals surface area contributed by atoms with Crippen LogP contribution in [0, 0.1) is 6.92 Å². The molecule has 3 fully saturated rings. The smallest absolute Gasteiger partial charge is 0.253 e. The van der Waals surface area contributed by atoms with Crippen LogP contribution < -0.4 is 20.4 Å². The number of fused-ring (bicyclic) bond motifs is 3. The largest absolute Gasteiger partial charge is 0.369 e. The lowest BCUT2D eigenvalue weighted by Crippen LogP contribution is -2.50. The zero-order valence-electron chi connectivity index (χ0n) is 27.2. The summed E-state index contributed by atoms with van der Waals surface area (Å²) in [6.07, 6.45) is 7.38. The number of hydrogen-bond donors (Lipinski definition) is 2. The quantitative estimate of drug-likeness (QED) is 0.315. The van der Waals surface area contributed by atoms with Gasteiger partial charge in [-0.15, -0.1) is 0 Å². The first kappa shape index (κ1) is 30.2. The number of amides is 2. The van der Waals surface area contributed by atoms with Crippen LogP contribution in [0.15, 0.2) is 61.1 Å². The molecule has 1 unspecified atom stereocenters. The Labute approximate surface area is 270 Å². The Balaban J connectivity index is 0.946. The Morgan fingerprint density at radius 1 is 0.870 bits per heavy atom. The van der Waals surface area contributed by atoms with Crippen molar-refractivity contribution < 1.29 is 9.59 Å². The van der Waals surface area contributed by atoms with E-state index in [9.17, 15) is 9.59 Å². The first-order valence-electron chi connectivity index (χ1n) is 16.6. The van der Waals surface area contributed by atoms with Crippen LogP contribution in [0.4, 0.5) is 11.5 Å². The molecule has 3 saturated heterocycles. The van der Waals surface area contributed by atoms with E-state index >= 15 is 0 Å². The van der Waals surface area contributed by atoms with E-state index in [-0.39, 0.29) is 23.9 Å². The molecule has 0 aliphatic carbocycles. The fraction of sp³-hybridized carbons (Fsp3) is 0.444. The fourth-order valence-electron chi connectivity index (χ4n) is 7.59. The number of carbonyl (C=O) groups is 2. The van der Waals surface area contributed by atoms with Crippen LogP contribution in [-0.4, -0.2) is 82.6 Å². The highest BCUT2D eigenvalue weighted by Gasteiger charge is 2.42. The topological polar surface area (TPSA) is 98.6 Å². The molecule has 0 radical (unpaired) electrons. The van der Waals surface area contributed by atoms with E-state index in [0.29, 0.717) is 23.2 Å². The predicted molar refractivity (Wildman–Crippen MR) is 181 cm³/mol. The lowest BCUT2D eigenvalue weighted by molar-refractivity contribution is 0.0922. The minimum atomic E-state index is -0.127. The van der Waals surface area contributed by atoms with Gasteiger partial charge in [0.25, 0.3) is 11.8 Å². The summed E-state index contributed by atoms with van der Waals surface area (Å²) < 4.78 is 1.97. The molecule has 2 bridgehead atoms. The van der Waals surface area contributed by atoms with Crippen LogP contribution in [0.5, 0.6) is 0 Å². The molecule has 2 aromatic carbocycles. The lowest BCUT2D eigenvalue weighted by atomic mass is 9.96. The Morgan fingerprint density at radius 3 is 2.26 bits per heavy atom. The van der Waals surface area contributed by atoms with Gasteiger partial charge in [0.05, 0.1) is 29.0 Å². The SMILES string of the molecule is Cc1c(C(=O)NC2C[C@H]3CC[C@@H](C2)N3c2ccc(C(=O)N[C@@H](C)c3ccc(N4CCN(C)CC4)cc3)cn2)ccc2c1ncn2C. The average molecular weight is 621 g/mol. The maximum Gasteiger partial charge on any atom is 0.253 e. The van der Waals surface area contributed by atoms with Crippen molar-refractivity contribution in [3.05, 3.63) is 83.3 Å². The molecule has 7 rings (SSSR count). The fourth-order valence-corrected chi connectivity index (χ4v) is 7.59. The average Bonchev–Trinajstić information content (AvgIpc) is 3.57. The second-order valence-electron chi connectivity index (χ2n) is 13.4. The molecule has 0 spiro atoms. The number of nitrogens with zero attached hydrogens (tertiary/aromatic N) is 6. The number of benzene rings is 2. The van der Waals surface area contributed by atoms with Crippen molar-refractivity contribution in [2.45, 2.75) is 63.7 Å². The first-order chi connectivity index (χ1) is 22.2. The van der Waals surface area contributed by atoms with Crippen molar-refractivity contribution in [2.75, 3.05) is 43.0 Å². The maximum absolute atomic E-state index is 13.3. The summed E-state index contributed by atoms with van der Waals surface area (Å²) in [6.45, 7) is 8.20. The van der Waals surface area contributed by atoms with Crippen molar-refractivity contribution in [1.82, 2.24) is 30.1 Å². The molecule has 10 heteroatoms. The molecule has 240 valence electrons. The number of rotatable bonds is 7. The number of aryl methyl sites for hydroxylation is 2. The number of nitrogens with one attached hydrogen (secondary N) is 2. The van der Waals surface area contributed by atoms with E-state index in [1.165, 1.54) is 5.69 Å². The van der Waals surface area contributed by atoms with Gasteiger partial charge < -0.3 is 29.9 Å². The summed E-state index contributed by atoms with van der Waals surface area (Å²) in [6, 6.07) is 16.9. The third kappa shape index (κ3) is 5.82. The maximum atomic E-state index is 13.3. The summed E-state index contributed by atoms with van der Waals surface area (Å²) in [7, 11) is 4.13. The molecule has 0 saturated carbocycles. The van der Waals surface area contributed by atoms with Gasteiger partial charge in [0.2, 0.25) is 0 Å². The number of piperidine rings is 1. The molecule has 2 aromatic heterocycles. The standard InChI is InChI=1S/C36H44N8O2/c1-23-31(12-13-32-34(23)38-22-42(32)4)36(46)40-27-19-29-10-11-30(20-27)44(29)33-14-7-26(21-37-33)35(45)39-24(2)25-5-8-28(9-6-25)43-17-15-41(3)16-18-43/h5-9,12-14,21-22,24,27,29-30H,10-11,15-20H2,1-4H3,(H,39,45)(H,40,46)/t24-,27?,29-,30+/m0/s1. The summed E-state index contributed by atoms with van der Waals surface area (Å²) in [5.74, 6) is 0.743. The molecular weight excluding hydrogens is 576 g/mol. The zero-order valence-corrected chi connectivity index (χ0v) is 27.2. The Bertz CT molecular complexity index is 1710. The molecule has 3 aliphatic rings. The number of pyridine rings is 1. The van der Waals surface area contributed by atoms with E-state index in [1.54, 1.807) is 12.5 Å². The number of hydrogen-bond acceptors (Lipinski definition) is 7. The first-order valence-corrected chi connectivity index (χ1v) is 16.6. The van der Waals surface area contributed by atoms with Crippen LogP contribution in [0.2, 0.25) is 0 Å². The summed E-state index contributed by atoms with van der Waals surface area (Å²) >= 11 is 0. The molecule has 3 aliphatic heterocycles. The van der Waals surface area contributed by atoms with Gasteiger partial charge in [-0.3, -0.25) is 9.59 Å². The monoisotopic (exact) mass is 620 g/mol. The third-order valence-corrected chi connectivity index (χ3v) is 10.3. The van der Waals surface area contributed by atoms with Gasteiger partial charge in [0, 0.05) is 68.8 Å². The molecule has 5 heterocycles. The molecule has 4 aromatic rings. The van der Waals surface area contributed by atoms with Crippen LogP contribution in [0.3, 0.4) is 0 Å². The van der Waals surface area contributed by atoms with Gasteiger partial charge >= 0.3 is 0 Å². The van der Waals surface area contributed by atoms with Crippen LogP contribution in [0.1, 0.15) is 70.5 Å². The van der Waals surface area contributed by atoms with Crippen LogP contribution in [-0.2, 0) is 7.05 Å². The van der Waals surface area contributed by atoms with E-state index < -0.39 is 0 Å². The lowest BCUT2D eigenvalue weighted by Gasteiger charge is -2.40. The molecule has 2 N–H and O–H groups in total. The Kier molecular flexibility index (Phi) is 8.15. The third-order valence-electron chi connectivity index (χ3n) is 10.3. The number of anilines is 2. The van der Waals surface area contributed by atoms with Gasteiger partial charge in [-0.2, -0.15) is 0 Å². The van der Waals surface area contributed by atoms with Crippen molar-refractivity contribution in [2.24, 2.45) is 7.05 Å². The molecule has 2 amide bonds. The van der Waals surface area contributed by atoms with Gasteiger partial charge in [0.15, 0.2) is 0 Å². The van der Waals surface area contributed by atoms with Gasteiger partial charge in [-0.25, -0.2) is 9.97 Å². The van der Waals surface area contributed by atoms with Gasteiger partial charge in [0.1, 0.15) is 5.82 Å². The van der Waals surface area contributed by atoms with Crippen molar-refractivity contribution in [1.29, 1.82) is 0 Å². The van der Waals surface area contributed by atoms with E-state index in [1.807, 2.05) is 49.7 Å². The number of imidazole rings is 1. The van der Waals surface area contributed by atoms with E-state index in [4.69, 9.17) is 4.98 Å². The number of aromatic nitrogens is 3. The second kappa shape index (κ2) is 12.4. The van der Waals surface area contributed by atoms with Crippen molar-refractivity contribution in [3.8, 4) is 0 Å². The van der Waals surface area contributed by atoms with Gasteiger partial charge in [-0.05, 0) is 94.1 Å². The molecular formula is C36H44N8O2. The predicted octanol–water partition coefficient (Wildman–Crippen LogP) is 4.45. The Morgan fingerprint density at radius 2 is 1.59 bits per heavy atom. The van der Waals surface area contributed by atoms with E-state index in [2.05, 4.69) is 61.6 Å². The summed E-state index contributed by atoms with van der Waals surface area (Å²) in [5, 5.41) is 6.46.